The second kappa shape index (κ2) is 6.43. The third-order valence-electron chi connectivity index (χ3n) is 2.98. The van der Waals surface area contributed by atoms with Gasteiger partial charge in [-0.2, -0.15) is 0 Å². The molecule has 1 aromatic heterocycles. The summed E-state index contributed by atoms with van der Waals surface area (Å²) in [5.41, 5.74) is 5.58. The van der Waals surface area contributed by atoms with Gasteiger partial charge in [-0.25, -0.2) is 4.98 Å². The summed E-state index contributed by atoms with van der Waals surface area (Å²) in [6, 6.07) is 0. The van der Waals surface area contributed by atoms with E-state index in [1.807, 2.05) is 17.8 Å². The highest BCUT2D eigenvalue weighted by Gasteiger charge is 2.11. The first-order valence-corrected chi connectivity index (χ1v) is 5.85. The molecule has 0 aliphatic heterocycles. The second-order valence-corrected chi connectivity index (χ2v) is 4.21. The number of hydrogen-bond donors (Lipinski definition) is 1. The van der Waals surface area contributed by atoms with Crippen LogP contribution in [0.25, 0.3) is 0 Å². The Hall–Kier alpha value is -1.16. The Labute approximate surface area is 96.9 Å². The lowest BCUT2D eigenvalue weighted by atomic mass is 9.98. The predicted octanol–water partition coefficient (Wildman–Crippen LogP) is 1.30. The standard InChI is InChI=1S/C12H21N3O/c1-3-10(9-13)8-11(16)4-5-12-14-6-7-15(12)2/h6-7,10H,3-5,8-9,13H2,1-2H3. The highest BCUT2D eigenvalue weighted by atomic mass is 16.1. The van der Waals surface area contributed by atoms with E-state index in [0.29, 0.717) is 31.1 Å². The first kappa shape index (κ1) is 12.9. The van der Waals surface area contributed by atoms with Gasteiger partial charge < -0.3 is 10.3 Å². The van der Waals surface area contributed by atoms with Gasteiger partial charge in [0.2, 0.25) is 0 Å². The Bertz CT molecular complexity index is 329. The monoisotopic (exact) mass is 223 g/mol. The van der Waals surface area contributed by atoms with Crippen LogP contribution >= 0.6 is 0 Å². The maximum atomic E-state index is 11.7. The molecule has 0 aliphatic rings. The number of ketones is 1. The number of carbonyl (C=O) groups excluding carboxylic acids is 1. The largest absolute Gasteiger partial charge is 0.338 e. The molecule has 0 radical (unpaired) electrons. The average Bonchev–Trinajstić information content (AvgIpc) is 2.69. The molecule has 0 aromatic carbocycles. The summed E-state index contributed by atoms with van der Waals surface area (Å²) >= 11 is 0. The van der Waals surface area contributed by atoms with Gasteiger partial charge in [0.25, 0.3) is 0 Å². The number of imidazole rings is 1. The third kappa shape index (κ3) is 3.77. The fraction of sp³-hybridized carbons (Fsp3) is 0.667. The van der Waals surface area contributed by atoms with Gasteiger partial charge in [0.15, 0.2) is 0 Å². The highest BCUT2D eigenvalue weighted by Crippen LogP contribution is 2.09. The molecule has 0 aliphatic carbocycles. The Morgan fingerprint density at radius 2 is 2.38 bits per heavy atom. The van der Waals surface area contributed by atoms with E-state index in [1.165, 1.54) is 0 Å². The number of rotatable bonds is 7. The summed E-state index contributed by atoms with van der Waals surface area (Å²) < 4.78 is 1.95. The van der Waals surface area contributed by atoms with Gasteiger partial charge in [0.05, 0.1) is 0 Å². The number of hydrogen-bond acceptors (Lipinski definition) is 3. The summed E-state index contributed by atoms with van der Waals surface area (Å²) in [5, 5.41) is 0. The number of aryl methyl sites for hydroxylation is 2. The Kier molecular flexibility index (Phi) is 5.19. The molecule has 1 rings (SSSR count). The molecule has 1 aromatic rings. The average molecular weight is 223 g/mol. The van der Waals surface area contributed by atoms with Gasteiger partial charge in [-0.05, 0) is 12.5 Å². The van der Waals surface area contributed by atoms with Crippen LogP contribution in [0.3, 0.4) is 0 Å². The van der Waals surface area contributed by atoms with Crippen molar-refractivity contribution in [3.05, 3.63) is 18.2 Å². The first-order chi connectivity index (χ1) is 7.67. The first-order valence-electron chi connectivity index (χ1n) is 5.85. The van der Waals surface area contributed by atoms with E-state index >= 15 is 0 Å². The molecule has 16 heavy (non-hydrogen) atoms. The smallest absolute Gasteiger partial charge is 0.133 e. The van der Waals surface area contributed by atoms with Gasteiger partial charge in [-0.15, -0.1) is 0 Å². The second-order valence-electron chi connectivity index (χ2n) is 4.21. The summed E-state index contributed by atoms with van der Waals surface area (Å²) in [6.07, 6.45) is 6.54. The van der Waals surface area contributed by atoms with Crippen molar-refractivity contribution in [1.29, 1.82) is 0 Å². The van der Waals surface area contributed by atoms with E-state index in [1.54, 1.807) is 6.20 Å². The van der Waals surface area contributed by atoms with Crippen LogP contribution in [0.1, 0.15) is 32.0 Å². The number of nitrogens with zero attached hydrogens (tertiary/aromatic N) is 2. The molecule has 0 spiro atoms. The lowest BCUT2D eigenvalue weighted by Crippen LogP contribution is -2.18. The fourth-order valence-corrected chi connectivity index (χ4v) is 1.71. The molecule has 0 saturated heterocycles. The summed E-state index contributed by atoms with van der Waals surface area (Å²) in [6.45, 7) is 2.67. The van der Waals surface area contributed by atoms with Crippen molar-refractivity contribution < 1.29 is 4.79 Å². The number of aromatic nitrogens is 2. The van der Waals surface area contributed by atoms with E-state index in [0.717, 1.165) is 18.7 Å². The molecular weight excluding hydrogens is 202 g/mol. The topological polar surface area (TPSA) is 60.9 Å². The minimum absolute atomic E-state index is 0.292. The van der Waals surface area contributed by atoms with E-state index < -0.39 is 0 Å². The van der Waals surface area contributed by atoms with Gasteiger partial charge >= 0.3 is 0 Å². The molecule has 0 amide bonds. The quantitative estimate of drug-likeness (QED) is 0.758. The molecule has 1 unspecified atom stereocenters. The van der Waals surface area contributed by atoms with Gasteiger partial charge in [0, 0.05) is 38.7 Å². The number of Topliss-reactive ketones (excluding diaryl/α,β-unsaturated/α-hetero) is 1. The molecular formula is C12H21N3O. The van der Waals surface area contributed by atoms with Gasteiger partial charge in [-0.1, -0.05) is 13.3 Å². The van der Waals surface area contributed by atoms with Gasteiger partial charge in [-0.3, -0.25) is 4.79 Å². The summed E-state index contributed by atoms with van der Waals surface area (Å²) in [4.78, 5) is 15.9. The van der Waals surface area contributed by atoms with Crippen molar-refractivity contribution in [2.24, 2.45) is 18.7 Å². The van der Waals surface area contributed by atoms with Crippen LogP contribution in [-0.4, -0.2) is 21.9 Å². The minimum Gasteiger partial charge on any atom is -0.338 e. The minimum atomic E-state index is 0.292. The normalized spacial score (nSPS) is 12.7. The highest BCUT2D eigenvalue weighted by molar-refractivity contribution is 5.78. The molecule has 1 heterocycles. The zero-order chi connectivity index (χ0) is 12.0. The maximum absolute atomic E-state index is 11.7. The van der Waals surface area contributed by atoms with Crippen LogP contribution in [0.5, 0.6) is 0 Å². The molecule has 1 atom stereocenters. The molecule has 2 N–H and O–H groups in total. The third-order valence-corrected chi connectivity index (χ3v) is 2.98. The lowest BCUT2D eigenvalue weighted by molar-refractivity contribution is -0.119. The van der Waals surface area contributed by atoms with Crippen LogP contribution in [0, 0.1) is 5.92 Å². The van der Waals surface area contributed by atoms with Crippen molar-refractivity contribution >= 4 is 5.78 Å². The van der Waals surface area contributed by atoms with E-state index in [2.05, 4.69) is 11.9 Å². The molecule has 4 nitrogen and oxygen atoms in total. The molecule has 0 fully saturated rings. The zero-order valence-corrected chi connectivity index (χ0v) is 10.1. The summed E-state index contributed by atoms with van der Waals surface area (Å²) in [5.74, 6) is 1.60. The summed E-state index contributed by atoms with van der Waals surface area (Å²) in [7, 11) is 1.95. The molecule has 0 bridgehead atoms. The fourth-order valence-electron chi connectivity index (χ4n) is 1.71. The lowest BCUT2D eigenvalue weighted by Gasteiger charge is -2.10. The SMILES string of the molecule is CCC(CN)CC(=O)CCc1nccn1C. The molecule has 4 heteroatoms. The molecule has 0 saturated carbocycles. The Morgan fingerprint density at radius 3 is 2.88 bits per heavy atom. The molecule has 90 valence electrons. The predicted molar refractivity (Wildman–Crippen MR) is 64.0 cm³/mol. The Morgan fingerprint density at radius 1 is 1.62 bits per heavy atom. The number of nitrogens with two attached hydrogens (primary N) is 1. The van der Waals surface area contributed by atoms with E-state index in [-0.39, 0.29) is 0 Å². The Balaban J connectivity index is 2.33. The maximum Gasteiger partial charge on any atom is 0.133 e. The van der Waals surface area contributed by atoms with Crippen LogP contribution in [0.2, 0.25) is 0 Å². The van der Waals surface area contributed by atoms with Crippen molar-refractivity contribution in [3.63, 3.8) is 0 Å². The van der Waals surface area contributed by atoms with Crippen LogP contribution in [0.4, 0.5) is 0 Å². The van der Waals surface area contributed by atoms with Crippen LogP contribution in [0.15, 0.2) is 12.4 Å². The van der Waals surface area contributed by atoms with Crippen molar-refractivity contribution in [1.82, 2.24) is 9.55 Å². The van der Waals surface area contributed by atoms with Crippen LogP contribution < -0.4 is 5.73 Å². The zero-order valence-electron chi connectivity index (χ0n) is 10.1. The van der Waals surface area contributed by atoms with Crippen molar-refractivity contribution in [3.8, 4) is 0 Å². The number of carbonyl (C=O) groups is 1. The van der Waals surface area contributed by atoms with Crippen molar-refractivity contribution in [2.45, 2.75) is 32.6 Å². The van der Waals surface area contributed by atoms with Gasteiger partial charge in [0.1, 0.15) is 11.6 Å². The van der Waals surface area contributed by atoms with E-state index in [4.69, 9.17) is 5.73 Å². The van der Waals surface area contributed by atoms with E-state index in [9.17, 15) is 4.79 Å². The van der Waals surface area contributed by atoms with Crippen molar-refractivity contribution in [2.75, 3.05) is 6.54 Å². The van der Waals surface area contributed by atoms with Crippen LogP contribution in [-0.2, 0) is 18.3 Å².